The van der Waals surface area contributed by atoms with E-state index in [4.69, 9.17) is 9.15 Å². The zero-order valence-corrected chi connectivity index (χ0v) is 10.2. The van der Waals surface area contributed by atoms with Gasteiger partial charge in [0.1, 0.15) is 5.76 Å². The van der Waals surface area contributed by atoms with Crippen LogP contribution in [0.4, 0.5) is 0 Å². The molecule has 90 valence electrons. The monoisotopic (exact) mass is 224 g/mol. The van der Waals surface area contributed by atoms with Crippen molar-refractivity contribution >= 4 is 0 Å². The molecule has 1 heterocycles. The number of hydrogen-bond donors (Lipinski definition) is 1. The number of hydrogen-bond acceptors (Lipinski definition) is 4. The van der Waals surface area contributed by atoms with Gasteiger partial charge >= 0.3 is 0 Å². The topological polar surface area (TPSA) is 47.3 Å². The second-order valence-electron chi connectivity index (χ2n) is 4.60. The normalized spacial score (nSPS) is 19.7. The van der Waals surface area contributed by atoms with E-state index < -0.39 is 0 Å². The van der Waals surface area contributed by atoms with Gasteiger partial charge < -0.3 is 14.5 Å². The lowest BCUT2D eigenvalue weighted by atomic mass is 10.1. The molecule has 0 saturated heterocycles. The van der Waals surface area contributed by atoms with Crippen LogP contribution < -0.4 is 5.32 Å². The van der Waals surface area contributed by atoms with Crippen molar-refractivity contribution < 1.29 is 9.15 Å². The van der Waals surface area contributed by atoms with Crippen molar-refractivity contribution in [1.29, 1.82) is 0 Å². The van der Waals surface area contributed by atoms with Gasteiger partial charge in [0.05, 0.1) is 18.8 Å². The van der Waals surface area contributed by atoms with Crippen LogP contribution in [-0.4, -0.2) is 24.7 Å². The van der Waals surface area contributed by atoms with Crippen LogP contribution in [0.3, 0.4) is 0 Å². The van der Waals surface area contributed by atoms with Crippen molar-refractivity contribution in [1.82, 2.24) is 10.3 Å². The predicted molar refractivity (Wildman–Crippen MR) is 61.2 cm³/mol. The van der Waals surface area contributed by atoms with Crippen molar-refractivity contribution in [3.63, 3.8) is 0 Å². The molecule has 1 aliphatic carbocycles. The summed E-state index contributed by atoms with van der Waals surface area (Å²) in [4.78, 5) is 4.24. The fraction of sp³-hybridized carbons (Fsp3) is 0.750. The molecule has 0 amide bonds. The zero-order valence-electron chi connectivity index (χ0n) is 10.2. The molecular weight excluding hydrogens is 204 g/mol. The van der Waals surface area contributed by atoms with Crippen molar-refractivity contribution in [3.05, 3.63) is 17.8 Å². The minimum absolute atomic E-state index is 0.148. The summed E-state index contributed by atoms with van der Waals surface area (Å²) in [6.45, 7) is 4.75. The van der Waals surface area contributed by atoms with Gasteiger partial charge in [-0.05, 0) is 32.6 Å². The van der Waals surface area contributed by atoms with E-state index in [-0.39, 0.29) is 6.04 Å². The van der Waals surface area contributed by atoms with Crippen LogP contribution >= 0.6 is 0 Å². The first-order valence-corrected chi connectivity index (χ1v) is 5.88. The van der Waals surface area contributed by atoms with Crippen LogP contribution in [-0.2, 0) is 4.74 Å². The quantitative estimate of drug-likeness (QED) is 0.803. The summed E-state index contributed by atoms with van der Waals surface area (Å²) in [5, 5.41) is 3.53. The average Bonchev–Trinajstić information content (AvgIpc) is 3.00. The molecule has 2 atom stereocenters. The predicted octanol–water partition coefficient (Wildman–Crippen LogP) is 2.06. The third-order valence-corrected chi connectivity index (χ3v) is 3.01. The molecular formula is C12H20N2O2. The summed E-state index contributed by atoms with van der Waals surface area (Å²) >= 11 is 0. The molecule has 1 aromatic rings. The lowest BCUT2D eigenvalue weighted by molar-refractivity contribution is 0.149. The van der Waals surface area contributed by atoms with Crippen LogP contribution in [0.15, 0.2) is 10.6 Å². The lowest BCUT2D eigenvalue weighted by Gasteiger charge is -2.20. The van der Waals surface area contributed by atoms with Gasteiger partial charge in [-0.25, -0.2) is 4.98 Å². The number of oxazole rings is 1. The van der Waals surface area contributed by atoms with E-state index in [1.807, 2.05) is 6.92 Å². The highest BCUT2D eigenvalue weighted by Gasteiger charge is 2.32. The van der Waals surface area contributed by atoms with Gasteiger partial charge in [0.25, 0.3) is 0 Å². The fourth-order valence-electron chi connectivity index (χ4n) is 1.96. The maximum Gasteiger partial charge on any atom is 0.211 e. The Kier molecular flexibility index (Phi) is 3.61. The molecule has 4 heteroatoms. The Hall–Kier alpha value is -0.870. The molecule has 0 aromatic carbocycles. The average molecular weight is 224 g/mol. The zero-order chi connectivity index (χ0) is 11.5. The molecule has 1 aliphatic rings. The molecule has 2 rings (SSSR count). The number of methoxy groups -OCH3 is 1. The van der Waals surface area contributed by atoms with E-state index in [1.54, 1.807) is 13.3 Å². The van der Waals surface area contributed by atoms with Crippen LogP contribution in [0.25, 0.3) is 0 Å². The highest BCUT2D eigenvalue weighted by atomic mass is 16.5. The number of nitrogens with zero attached hydrogens (tertiary/aromatic N) is 1. The standard InChI is InChI=1S/C12H20N2O2/c1-8-6-13-12(16-8)9(2)14-11(7-15-3)10-4-5-10/h6,9-11,14H,4-5,7H2,1-3H3. The smallest absolute Gasteiger partial charge is 0.211 e. The van der Waals surface area contributed by atoms with Crippen LogP contribution in [0, 0.1) is 12.8 Å². The summed E-state index contributed by atoms with van der Waals surface area (Å²) in [6.07, 6.45) is 4.37. The lowest BCUT2D eigenvalue weighted by Crippen LogP contribution is -2.37. The van der Waals surface area contributed by atoms with Crippen molar-refractivity contribution in [2.45, 2.75) is 38.8 Å². The van der Waals surface area contributed by atoms with Gasteiger partial charge in [0, 0.05) is 13.2 Å². The van der Waals surface area contributed by atoms with Gasteiger partial charge in [-0.1, -0.05) is 0 Å². The summed E-state index contributed by atoms with van der Waals surface area (Å²) in [7, 11) is 1.75. The number of nitrogens with one attached hydrogen (secondary N) is 1. The number of aromatic nitrogens is 1. The first-order valence-electron chi connectivity index (χ1n) is 5.88. The van der Waals surface area contributed by atoms with Gasteiger partial charge in [0.15, 0.2) is 0 Å². The Bertz CT molecular complexity index is 334. The van der Waals surface area contributed by atoms with Gasteiger partial charge in [0.2, 0.25) is 5.89 Å². The molecule has 1 saturated carbocycles. The Morgan fingerprint density at radius 3 is 2.88 bits per heavy atom. The number of rotatable bonds is 6. The summed E-state index contributed by atoms with van der Waals surface area (Å²) in [5.74, 6) is 2.39. The maximum atomic E-state index is 5.51. The van der Waals surface area contributed by atoms with E-state index in [0.29, 0.717) is 6.04 Å². The third kappa shape index (κ3) is 2.83. The third-order valence-electron chi connectivity index (χ3n) is 3.01. The van der Waals surface area contributed by atoms with Gasteiger partial charge in [-0.3, -0.25) is 0 Å². The molecule has 2 unspecified atom stereocenters. The van der Waals surface area contributed by atoms with E-state index in [0.717, 1.165) is 24.2 Å². The molecule has 1 N–H and O–H groups in total. The van der Waals surface area contributed by atoms with Gasteiger partial charge in [-0.2, -0.15) is 0 Å². The van der Waals surface area contributed by atoms with E-state index in [1.165, 1.54) is 12.8 Å². The van der Waals surface area contributed by atoms with Crippen LogP contribution in [0.1, 0.15) is 37.5 Å². The first-order chi connectivity index (χ1) is 7.70. The summed E-state index contributed by atoms with van der Waals surface area (Å²) in [5.41, 5.74) is 0. The number of aryl methyl sites for hydroxylation is 1. The summed E-state index contributed by atoms with van der Waals surface area (Å²) in [6, 6.07) is 0.571. The second-order valence-corrected chi connectivity index (χ2v) is 4.60. The number of ether oxygens (including phenoxy) is 1. The molecule has 0 aliphatic heterocycles. The molecule has 0 bridgehead atoms. The highest BCUT2D eigenvalue weighted by molar-refractivity contribution is 4.97. The Morgan fingerprint density at radius 1 is 1.62 bits per heavy atom. The van der Waals surface area contributed by atoms with Crippen LogP contribution in [0.5, 0.6) is 0 Å². The summed E-state index contributed by atoms with van der Waals surface area (Å²) < 4.78 is 10.7. The first kappa shape index (κ1) is 11.6. The molecule has 4 nitrogen and oxygen atoms in total. The molecule has 16 heavy (non-hydrogen) atoms. The van der Waals surface area contributed by atoms with Crippen molar-refractivity contribution in [3.8, 4) is 0 Å². The van der Waals surface area contributed by atoms with Crippen molar-refractivity contribution in [2.75, 3.05) is 13.7 Å². The highest BCUT2D eigenvalue weighted by Crippen LogP contribution is 2.33. The Morgan fingerprint density at radius 2 is 2.38 bits per heavy atom. The fourth-order valence-corrected chi connectivity index (χ4v) is 1.96. The molecule has 0 radical (unpaired) electrons. The SMILES string of the molecule is COCC(NC(C)c1ncc(C)o1)C1CC1. The second kappa shape index (κ2) is 4.97. The van der Waals surface area contributed by atoms with E-state index in [2.05, 4.69) is 17.2 Å². The van der Waals surface area contributed by atoms with Crippen molar-refractivity contribution in [2.24, 2.45) is 5.92 Å². The van der Waals surface area contributed by atoms with Gasteiger partial charge in [-0.15, -0.1) is 0 Å². The molecule has 1 aromatic heterocycles. The van der Waals surface area contributed by atoms with E-state index in [9.17, 15) is 0 Å². The molecule has 0 spiro atoms. The minimum Gasteiger partial charge on any atom is -0.444 e. The Balaban J connectivity index is 1.91. The molecule has 1 fully saturated rings. The Labute approximate surface area is 96.4 Å². The van der Waals surface area contributed by atoms with Crippen LogP contribution in [0.2, 0.25) is 0 Å². The van der Waals surface area contributed by atoms with E-state index >= 15 is 0 Å². The minimum atomic E-state index is 0.148. The largest absolute Gasteiger partial charge is 0.444 e. The maximum absolute atomic E-state index is 5.51.